The van der Waals surface area contributed by atoms with E-state index < -0.39 is 0 Å². The van der Waals surface area contributed by atoms with Gasteiger partial charge in [-0.2, -0.15) is 0 Å². The zero-order valence-corrected chi connectivity index (χ0v) is 7.69. The maximum atomic E-state index is 13.2. The summed E-state index contributed by atoms with van der Waals surface area (Å²) in [7, 11) is 0. The molecule has 0 saturated heterocycles. The Bertz CT molecular complexity index is 311. The maximum Gasteiger partial charge on any atom is 0.130 e. The normalized spacial score (nSPS) is 11.8. The third-order valence-corrected chi connectivity index (χ3v) is 1.98. The highest BCUT2D eigenvalue weighted by molar-refractivity contribution is 5.63. The summed E-state index contributed by atoms with van der Waals surface area (Å²) < 4.78 is 13.2. The molecule has 0 unspecified atom stereocenters. The molecule has 0 aliphatic carbocycles. The fraction of sp³-hybridized carbons (Fsp3) is 0.273. The third-order valence-electron chi connectivity index (χ3n) is 1.98. The van der Waals surface area contributed by atoms with Crippen molar-refractivity contribution < 1.29 is 4.39 Å². The first-order valence-corrected chi connectivity index (χ1v) is 4.04. The van der Waals surface area contributed by atoms with Gasteiger partial charge in [0.15, 0.2) is 0 Å². The molecule has 0 atom stereocenters. The summed E-state index contributed by atoms with van der Waals surface area (Å²) >= 11 is 0. The van der Waals surface area contributed by atoms with E-state index in [-0.39, 0.29) is 5.82 Å². The zero-order valence-electron chi connectivity index (χ0n) is 7.69. The fourth-order valence-corrected chi connectivity index (χ4v) is 1.10. The summed E-state index contributed by atoms with van der Waals surface area (Å²) in [5.41, 5.74) is 2.63. The molecule has 1 rings (SSSR count). The monoisotopic (exact) mass is 164 g/mol. The Morgan fingerprint density at radius 3 is 2.58 bits per heavy atom. The summed E-state index contributed by atoms with van der Waals surface area (Å²) in [6, 6.07) is 5.30. The molecule has 0 heterocycles. The molecular formula is C11H13F. The minimum absolute atomic E-state index is 0.134. The van der Waals surface area contributed by atoms with Crippen LogP contribution in [0.15, 0.2) is 24.3 Å². The Hall–Kier alpha value is -1.11. The molecule has 0 saturated carbocycles. The first-order valence-electron chi connectivity index (χ1n) is 4.04. The quantitative estimate of drug-likeness (QED) is 0.595. The largest absolute Gasteiger partial charge is 0.206 e. The second-order valence-corrected chi connectivity index (χ2v) is 2.95. The molecule has 0 amide bonds. The van der Waals surface area contributed by atoms with Gasteiger partial charge in [-0.25, -0.2) is 4.39 Å². The number of rotatable bonds is 1. The molecule has 0 N–H and O–H groups in total. The van der Waals surface area contributed by atoms with Gasteiger partial charge in [-0.15, -0.1) is 0 Å². The van der Waals surface area contributed by atoms with Crippen molar-refractivity contribution in [3.05, 3.63) is 41.2 Å². The van der Waals surface area contributed by atoms with Crippen molar-refractivity contribution in [2.24, 2.45) is 0 Å². The van der Waals surface area contributed by atoms with E-state index in [1.807, 2.05) is 39.0 Å². The van der Waals surface area contributed by atoms with Crippen LogP contribution in [-0.4, -0.2) is 0 Å². The maximum absolute atomic E-state index is 13.2. The van der Waals surface area contributed by atoms with Crippen LogP contribution >= 0.6 is 0 Å². The highest BCUT2D eigenvalue weighted by atomic mass is 19.1. The molecule has 0 aliphatic heterocycles. The van der Waals surface area contributed by atoms with E-state index in [0.717, 1.165) is 11.1 Å². The Kier molecular flexibility index (Phi) is 2.64. The lowest BCUT2D eigenvalue weighted by molar-refractivity contribution is 0.622. The third kappa shape index (κ3) is 1.73. The first kappa shape index (κ1) is 8.98. The minimum Gasteiger partial charge on any atom is -0.206 e. The van der Waals surface area contributed by atoms with Crippen LogP contribution in [0.25, 0.3) is 5.57 Å². The van der Waals surface area contributed by atoms with Gasteiger partial charge in [0.05, 0.1) is 0 Å². The zero-order chi connectivity index (χ0) is 9.14. The number of hydrogen-bond acceptors (Lipinski definition) is 0. The van der Waals surface area contributed by atoms with Crippen LogP contribution in [0.2, 0.25) is 0 Å². The van der Waals surface area contributed by atoms with Crippen LogP contribution in [0.3, 0.4) is 0 Å². The summed E-state index contributed by atoms with van der Waals surface area (Å²) in [6.07, 6.45) is 1.91. The molecule has 0 aromatic heterocycles. The van der Waals surface area contributed by atoms with Crippen molar-refractivity contribution in [3.63, 3.8) is 0 Å². The molecule has 1 heteroatoms. The van der Waals surface area contributed by atoms with E-state index >= 15 is 0 Å². The van der Waals surface area contributed by atoms with Crippen LogP contribution in [0.5, 0.6) is 0 Å². The van der Waals surface area contributed by atoms with Crippen molar-refractivity contribution in [2.45, 2.75) is 20.8 Å². The van der Waals surface area contributed by atoms with Crippen LogP contribution in [0, 0.1) is 12.7 Å². The van der Waals surface area contributed by atoms with Gasteiger partial charge < -0.3 is 0 Å². The number of aryl methyl sites for hydroxylation is 1. The topological polar surface area (TPSA) is 0 Å². The van der Waals surface area contributed by atoms with E-state index in [0.29, 0.717) is 5.56 Å². The van der Waals surface area contributed by atoms with Crippen LogP contribution < -0.4 is 0 Å². The second kappa shape index (κ2) is 3.53. The van der Waals surface area contributed by atoms with E-state index in [1.54, 1.807) is 6.07 Å². The van der Waals surface area contributed by atoms with Gasteiger partial charge in [-0.1, -0.05) is 18.2 Å². The van der Waals surface area contributed by atoms with E-state index in [4.69, 9.17) is 0 Å². The van der Waals surface area contributed by atoms with Crippen molar-refractivity contribution in [1.82, 2.24) is 0 Å². The molecule has 0 radical (unpaired) electrons. The van der Waals surface area contributed by atoms with Crippen molar-refractivity contribution in [2.75, 3.05) is 0 Å². The summed E-state index contributed by atoms with van der Waals surface area (Å²) in [6.45, 7) is 5.71. The fourth-order valence-electron chi connectivity index (χ4n) is 1.10. The summed E-state index contributed by atoms with van der Waals surface area (Å²) in [5.74, 6) is -0.134. The highest BCUT2D eigenvalue weighted by Crippen LogP contribution is 2.18. The predicted octanol–water partition coefficient (Wildman–Crippen LogP) is 3.56. The first-order chi connectivity index (χ1) is 5.65. The Morgan fingerprint density at radius 1 is 1.42 bits per heavy atom. The minimum atomic E-state index is -0.134. The molecule has 64 valence electrons. The number of hydrogen-bond donors (Lipinski definition) is 0. The molecule has 1 aromatic carbocycles. The predicted molar refractivity (Wildman–Crippen MR) is 50.5 cm³/mol. The second-order valence-electron chi connectivity index (χ2n) is 2.95. The number of benzene rings is 1. The lowest BCUT2D eigenvalue weighted by Gasteiger charge is -2.03. The molecular weight excluding hydrogens is 151 g/mol. The Labute approximate surface area is 72.7 Å². The molecule has 12 heavy (non-hydrogen) atoms. The van der Waals surface area contributed by atoms with Crippen molar-refractivity contribution in [3.8, 4) is 0 Å². The summed E-state index contributed by atoms with van der Waals surface area (Å²) in [4.78, 5) is 0. The molecule has 0 bridgehead atoms. The van der Waals surface area contributed by atoms with E-state index in [9.17, 15) is 4.39 Å². The molecule has 1 aromatic rings. The highest BCUT2D eigenvalue weighted by Gasteiger charge is 2.01. The van der Waals surface area contributed by atoms with Crippen molar-refractivity contribution in [1.29, 1.82) is 0 Å². The molecule has 0 aliphatic rings. The lowest BCUT2D eigenvalue weighted by atomic mass is 10.1. The Balaban J connectivity index is 3.18. The van der Waals surface area contributed by atoms with Gasteiger partial charge in [0.25, 0.3) is 0 Å². The van der Waals surface area contributed by atoms with E-state index in [1.165, 1.54) is 0 Å². The average Bonchev–Trinajstić information content (AvgIpc) is 2.03. The van der Waals surface area contributed by atoms with Crippen LogP contribution in [-0.2, 0) is 0 Å². The van der Waals surface area contributed by atoms with Gasteiger partial charge in [-0.05, 0) is 38.0 Å². The van der Waals surface area contributed by atoms with Gasteiger partial charge in [0.2, 0.25) is 0 Å². The molecule has 0 fully saturated rings. The molecule has 0 nitrogen and oxygen atoms in total. The average molecular weight is 164 g/mol. The number of halogens is 1. The van der Waals surface area contributed by atoms with Crippen molar-refractivity contribution >= 4 is 5.57 Å². The Morgan fingerprint density at radius 2 is 2.08 bits per heavy atom. The van der Waals surface area contributed by atoms with Gasteiger partial charge in [-0.3, -0.25) is 0 Å². The van der Waals surface area contributed by atoms with Crippen LogP contribution in [0.1, 0.15) is 25.0 Å². The van der Waals surface area contributed by atoms with Gasteiger partial charge >= 0.3 is 0 Å². The smallest absolute Gasteiger partial charge is 0.130 e. The summed E-state index contributed by atoms with van der Waals surface area (Å²) in [5, 5.41) is 0. The number of allylic oxidation sites excluding steroid dienone is 2. The standard InChI is InChI=1S/C11H13F/c1-4-9(3)10-6-5-8(2)7-11(10)12/h4-7H,1-3H3/b9-4+. The molecule has 0 spiro atoms. The van der Waals surface area contributed by atoms with Gasteiger partial charge in [0, 0.05) is 5.56 Å². The van der Waals surface area contributed by atoms with E-state index in [2.05, 4.69) is 0 Å². The van der Waals surface area contributed by atoms with Crippen LogP contribution in [0.4, 0.5) is 4.39 Å². The SMILES string of the molecule is C/C=C(\C)c1ccc(C)cc1F. The lowest BCUT2D eigenvalue weighted by Crippen LogP contribution is -1.87. The van der Waals surface area contributed by atoms with Gasteiger partial charge in [0.1, 0.15) is 5.82 Å².